The summed E-state index contributed by atoms with van der Waals surface area (Å²) in [5.74, 6) is -0.313. The Balaban J connectivity index is 2.78. The molecule has 1 aromatic rings. The van der Waals surface area contributed by atoms with Gasteiger partial charge in [-0.1, -0.05) is 31.2 Å². The van der Waals surface area contributed by atoms with Gasteiger partial charge < -0.3 is 10.5 Å². The molecule has 0 heterocycles. The number of benzene rings is 1. The van der Waals surface area contributed by atoms with Crippen LogP contribution >= 0.6 is 0 Å². The topological polar surface area (TPSA) is 52.3 Å². The van der Waals surface area contributed by atoms with Crippen LogP contribution in [0.15, 0.2) is 30.3 Å². The summed E-state index contributed by atoms with van der Waals surface area (Å²) in [5, 5.41) is 0. The van der Waals surface area contributed by atoms with Gasteiger partial charge in [0.2, 0.25) is 0 Å². The summed E-state index contributed by atoms with van der Waals surface area (Å²) in [4.78, 5) is 11.3. The molecule has 0 amide bonds. The predicted octanol–water partition coefficient (Wildman–Crippen LogP) is 2.54. The van der Waals surface area contributed by atoms with Crippen LogP contribution in [0.1, 0.15) is 31.4 Å². The largest absolute Gasteiger partial charge is 0.463 e. The first-order valence-electron chi connectivity index (χ1n) is 6.35. The molecule has 0 aliphatic heterocycles. The van der Waals surface area contributed by atoms with Crippen LogP contribution in [-0.4, -0.2) is 18.6 Å². The van der Waals surface area contributed by atoms with Crippen molar-refractivity contribution in [2.75, 3.05) is 6.61 Å². The minimum Gasteiger partial charge on any atom is -0.463 e. The molecule has 0 saturated carbocycles. The van der Waals surface area contributed by atoms with Gasteiger partial charge in [0.1, 0.15) is 0 Å². The fourth-order valence-electron chi connectivity index (χ4n) is 1.66. The Bertz CT molecular complexity index is 413. The van der Waals surface area contributed by atoms with E-state index in [1.165, 1.54) is 6.08 Å². The van der Waals surface area contributed by atoms with E-state index in [0.717, 1.165) is 24.0 Å². The number of ether oxygens (including phenoxy) is 1. The summed E-state index contributed by atoms with van der Waals surface area (Å²) >= 11 is 0. The first kappa shape index (κ1) is 14.5. The molecule has 0 aliphatic rings. The van der Waals surface area contributed by atoms with Crippen molar-refractivity contribution in [3.05, 3.63) is 41.5 Å². The molecule has 0 radical (unpaired) electrons. The molecule has 0 aromatic heterocycles. The van der Waals surface area contributed by atoms with E-state index < -0.39 is 0 Å². The van der Waals surface area contributed by atoms with Gasteiger partial charge in [-0.05, 0) is 37.0 Å². The summed E-state index contributed by atoms with van der Waals surface area (Å²) in [6, 6.07) is 8.11. The van der Waals surface area contributed by atoms with Gasteiger partial charge >= 0.3 is 5.97 Å². The summed E-state index contributed by atoms with van der Waals surface area (Å²) in [7, 11) is 0. The SMILES string of the molecule is CCOC(=O)/C=C/c1ccccc1CC(N)CC. The number of nitrogens with two attached hydrogens (primary N) is 1. The number of rotatable bonds is 6. The molecule has 0 saturated heterocycles. The van der Waals surface area contributed by atoms with Crippen molar-refractivity contribution < 1.29 is 9.53 Å². The molecule has 18 heavy (non-hydrogen) atoms. The molecular formula is C15H21NO2. The minimum absolute atomic E-state index is 0.155. The second-order valence-corrected chi connectivity index (χ2v) is 4.16. The predicted molar refractivity (Wildman–Crippen MR) is 74.1 cm³/mol. The lowest BCUT2D eigenvalue weighted by Crippen LogP contribution is -2.21. The highest BCUT2D eigenvalue weighted by atomic mass is 16.5. The third kappa shape index (κ3) is 4.72. The van der Waals surface area contributed by atoms with E-state index in [1.807, 2.05) is 24.3 Å². The van der Waals surface area contributed by atoms with Crippen molar-refractivity contribution in [3.8, 4) is 0 Å². The van der Waals surface area contributed by atoms with Crippen molar-refractivity contribution in [3.63, 3.8) is 0 Å². The van der Waals surface area contributed by atoms with Gasteiger partial charge in [-0.3, -0.25) is 0 Å². The van der Waals surface area contributed by atoms with E-state index in [0.29, 0.717) is 6.61 Å². The van der Waals surface area contributed by atoms with E-state index in [4.69, 9.17) is 10.5 Å². The normalized spacial score (nSPS) is 12.6. The molecule has 0 bridgehead atoms. The number of hydrogen-bond donors (Lipinski definition) is 1. The lowest BCUT2D eigenvalue weighted by Gasteiger charge is -2.11. The van der Waals surface area contributed by atoms with Gasteiger partial charge in [-0.25, -0.2) is 4.79 Å². The van der Waals surface area contributed by atoms with E-state index in [-0.39, 0.29) is 12.0 Å². The molecule has 2 N–H and O–H groups in total. The molecule has 3 heteroatoms. The fourth-order valence-corrected chi connectivity index (χ4v) is 1.66. The molecule has 0 spiro atoms. The summed E-state index contributed by atoms with van der Waals surface area (Å²) in [6.07, 6.45) is 5.01. The minimum atomic E-state index is -0.313. The molecular weight excluding hydrogens is 226 g/mol. The lowest BCUT2D eigenvalue weighted by atomic mass is 9.99. The van der Waals surface area contributed by atoms with Gasteiger partial charge in [0, 0.05) is 12.1 Å². The zero-order valence-corrected chi connectivity index (χ0v) is 11.1. The van der Waals surface area contributed by atoms with Gasteiger partial charge in [0.25, 0.3) is 0 Å². The summed E-state index contributed by atoms with van der Waals surface area (Å²) in [6.45, 7) is 4.26. The van der Waals surface area contributed by atoms with Crippen LogP contribution in [0.5, 0.6) is 0 Å². The Morgan fingerprint density at radius 2 is 2.11 bits per heavy atom. The summed E-state index contributed by atoms with van der Waals surface area (Å²) < 4.78 is 4.86. The van der Waals surface area contributed by atoms with Crippen LogP contribution in [-0.2, 0) is 16.0 Å². The molecule has 1 rings (SSSR count). The number of esters is 1. The Kier molecular flexibility index (Phi) is 6.15. The smallest absolute Gasteiger partial charge is 0.330 e. The molecule has 1 unspecified atom stereocenters. The maximum atomic E-state index is 11.3. The van der Waals surface area contributed by atoms with Crippen LogP contribution in [0.2, 0.25) is 0 Å². The monoisotopic (exact) mass is 247 g/mol. The van der Waals surface area contributed by atoms with E-state index >= 15 is 0 Å². The van der Waals surface area contributed by atoms with E-state index in [9.17, 15) is 4.79 Å². The third-order valence-corrected chi connectivity index (χ3v) is 2.75. The second-order valence-electron chi connectivity index (χ2n) is 4.16. The standard InChI is InChI=1S/C15H21NO2/c1-3-14(16)11-13-8-6-5-7-12(13)9-10-15(17)18-4-2/h5-10,14H,3-4,11,16H2,1-2H3/b10-9+. The average Bonchev–Trinajstić information content (AvgIpc) is 2.38. The Hall–Kier alpha value is -1.61. The first-order chi connectivity index (χ1) is 8.67. The molecule has 1 aromatic carbocycles. The van der Waals surface area contributed by atoms with E-state index in [1.54, 1.807) is 13.0 Å². The van der Waals surface area contributed by atoms with Crippen LogP contribution in [0.25, 0.3) is 6.08 Å². The molecule has 3 nitrogen and oxygen atoms in total. The molecule has 0 aliphatic carbocycles. The Morgan fingerprint density at radius 1 is 1.39 bits per heavy atom. The van der Waals surface area contributed by atoms with Crippen LogP contribution in [0, 0.1) is 0 Å². The van der Waals surface area contributed by atoms with Gasteiger partial charge in [-0.2, -0.15) is 0 Å². The fraction of sp³-hybridized carbons (Fsp3) is 0.400. The maximum Gasteiger partial charge on any atom is 0.330 e. The van der Waals surface area contributed by atoms with Crippen LogP contribution in [0.4, 0.5) is 0 Å². The number of hydrogen-bond acceptors (Lipinski definition) is 3. The molecule has 98 valence electrons. The highest BCUT2D eigenvalue weighted by molar-refractivity contribution is 5.87. The second kappa shape index (κ2) is 7.67. The van der Waals surface area contributed by atoms with Crippen LogP contribution in [0.3, 0.4) is 0 Å². The van der Waals surface area contributed by atoms with Crippen LogP contribution < -0.4 is 5.73 Å². The van der Waals surface area contributed by atoms with E-state index in [2.05, 4.69) is 6.92 Å². The first-order valence-corrected chi connectivity index (χ1v) is 6.35. The van der Waals surface area contributed by atoms with Crippen molar-refractivity contribution in [2.45, 2.75) is 32.7 Å². The third-order valence-electron chi connectivity index (χ3n) is 2.75. The summed E-state index contributed by atoms with van der Waals surface area (Å²) in [5.41, 5.74) is 8.14. The molecule has 0 fully saturated rings. The zero-order valence-electron chi connectivity index (χ0n) is 11.1. The average molecular weight is 247 g/mol. The van der Waals surface area contributed by atoms with Crippen molar-refractivity contribution >= 4 is 12.0 Å². The van der Waals surface area contributed by atoms with Gasteiger partial charge in [0.15, 0.2) is 0 Å². The van der Waals surface area contributed by atoms with Gasteiger partial charge in [0.05, 0.1) is 6.61 Å². The highest BCUT2D eigenvalue weighted by Gasteiger charge is 2.05. The Labute approximate surface area is 109 Å². The Morgan fingerprint density at radius 3 is 2.78 bits per heavy atom. The molecule has 1 atom stereocenters. The zero-order chi connectivity index (χ0) is 13.4. The lowest BCUT2D eigenvalue weighted by molar-refractivity contribution is -0.137. The number of carbonyl (C=O) groups is 1. The van der Waals surface area contributed by atoms with Crippen molar-refractivity contribution in [1.82, 2.24) is 0 Å². The van der Waals surface area contributed by atoms with Gasteiger partial charge in [-0.15, -0.1) is 0 Å². The number of carbonyl (C=O) groups excluding carboxylic acids is 1. The quantitative estimate of drug-likeness (QED) is 0.621. The van der Waals surface area contributed by atoms with Crippen molar-refractivity contribution in [2.24, 2.45) is 5.73 Å². The highest BCUT2D eigenvalue weighted by Crippen LogP contribution is 2.13. The van der Waals surface area contributed by atoms with Crippen molar-refractivity contribution in [1.29, 1.82) is 0 Å². The maximum absolute atomic E-state index is 11.3.